The number of likely N-dealkylation sites (tertiary alicyclic amines) is 1. The molecular weight excluding hydrogens is 401 g/mol. The van der Waals surface area contributed by atoms with E-state index >= 15 is 0 Å². The number of aromatic amines is 1. The first-order chi connectivity index (χ1) is 15.0. The highest BCUT2D eigenvalue weighted by Gasteiger charge is 2.36. The Kier molecular flexibility index (Phi) is 5.05. The van der Waals surface area contributed by atoms with Crippen LogP contribution in [0.4, 0.5) is 4.39 Å². The van der Waals surface area contributed by atoms with Gasteiger partial charge in [0, 0.05) is 38.1 Å². The van der Waals surface area contributed by atoms with E-state index in [2.05, 4.69) is 9.97 Å². The largest absolute Gasteiger partial charge is 0.381 e. The van der Waals surface area contributed by atoms with E-state index in [9.17, 15) is 14.0 Å². The minimum Gasteiger partial charge on any atom is -0.381 e. The second-order valence-electron chi connectivity index (χ2n) is 8.41. The molecule has 8 nitrogen and oxygen atoms in total. The third kappa shape index (κ3) is 3.52. The summed E-state index contributed by atoms with van der Waals surface area (Å²) < 4.78 is 21.2. The number of rotatable bonds is 3. The standard InChI is InChI=1S/C22H24FN5O3/c1-13-11-27(22(30)15-4-2-3-5-17(15)23)12-16(13)19-25-21(29)18-10-24-20(28(18)26-19)14-6-8-31-9-7-14/h2-5,10,13-14,16H,6-9,11-12H2,1H3,(H,25,26,29). The summed E-state index contributed by atoms with van der Waals surface area (Å²) in [5.74, 6) is 0.524. The molecule has 2 aliphatic rings. The van der Waals surface area contributed by atoms with E-state index in [1.807, 2.05) is 6.92 Å². The fourth-order valence-corrected chi connectivity index (χ4v) is 4.63. The summed E-state index contributed by atoms with van der Waals surface area (Å²) >= 11 is 0. The molecule has 4 heterocycles. The molecule has 162 valence electrons. The molecule has 1 aromatic carbocycles. The molecule has 1 N–H and O–H groups in total. The van der Waals surface area contributed by atoms with Gasteiger partial charge in [-0.05, 0) is 30.9 Å². The molecule has 2 fully saturated rings. The van der Waals surface area contributed by atoms with E-state index in [0.29, 0.717) is 37.6 Å². The summed E-state index contributed by atoms with van der Waals surface area (Å²) in [4.78, 5) is 34.6. The SMILES string of the molecule is CC1CN(C(=O)c2ccccc2F)CC1c1nn2c(C3CCOCC3)ncc2c(=O)[nH]1. The minimum atomic E-state index is -0.531. The van der Waals surface area contributed by atoms with Gasteiger partial charge in [0.15, 0.2) is 5.52 Å². The highest BCUT2D eigenvalue weighted by molar-refractivity contribution is 5.94. The molecular formula is C22H24FN5O3. The van der Waals surface area contributed by atoms with Crippen LogP contribution in [-0.4, -0.2) is 56.7 Å². The maximum atomic E-state index is 14.1. The molecule has 2 aliphatic heterocycles. The Morgan fingerprint density at radius 2 is 2.00 bits per heavy atom. The number of aromatic nitrogens is 4. The molecule has 5 rings (SSSR count). The number of nitrogens with zero attached hydrogens (tertiary/aromatic N) is 4. The number of ether oxygens (including phenoxy) is 1. The third-order valence-electron chi connectivity index (χ3n) is 6.39. The molecule has 9 heteroatoms. The van der Waals surface area contributed by atoms with E-state index in [1.165, 1.54) is 12.1 Å². The molecule has 1 amide bonds. The van der Waals surface area contributed by atoms with Gasteiger partial charge in [-0.1, -0.05) is 19.1 Å². The summed E-state index contributed by atoms with van der Waals surface area (Å²) in [5, 5.41) is 4.73. The number of carbonyl (C=O) groups excluding carboxylic acids is 1. The van der Waals surface area contributed by atoms with Crippen molar-refractivity contribution in [3.05, 3.63) is 63.8 Å². The highest BCUT2D eigenvalue weighted by atomic mass is 19.1. The molecule has 0 spiro atoms. The molecule has 2 unspecified atom stereocenters. The number of amides is 1. The van der Waals surface area contributed by atoms with Gasteiger partial charge in [-0.3, -0.25) is 9.59 Å². The van der Waals surface area contributed by atoms with Crippen LogP contribution in [0.1, 0.15) is 53.6 Å². The summed E-state index contributed by atoms with van der Waals surface area (Å²) in [7, 11) is 0. The number of hydrogen-bond acceptors (Lipinski definition) is 5. The van der Waals surface area contributed by atoms with Crippen LogP contribution in [0.5, 0.6) is 0 Å². The molecule has 0 bridgehead atoms. The van der Waals surface area contributed by atoms with Crippen molar-refractivity contribution in [1.29, 1.82) is 0 Å². The predicted octanol–water partition coefficient (Wildman–Crippen LogP) is 2.33. The van der Waals surface area contributed by atoms with Gasteiger partial charge in [0.2, 0.25) is 0 Å². The van der Waals surface area contributed by atoms with Gasteiger partial charge >= 0.3 is 0 Å². The lowest BCUT2D eigenvalue weighted by Crippen LogP contribution is -2.30. The normalized spacial score (nSPS) is 22.3. The number of imidazole rings is 1. The number of halogens is 1. The van der Waals surface area contributed by atoms with Crippen LogP contribution < -0.4 is 5.56 Å². The Hall–Kier alpha value is -3.07. The maximum absolute atomic E-state index is 14.1. The first-order valence-corrected chi connectivity index (χ1v) is 10.6. The molecule has 2 atom stereocenters. The van der Waals surface area contributed by atoms with Gasteiger partial charge in [0.05, 0.1) is 11.8 Å². The molecule has 0 saturated carbocycles. The molecule has 0 aliphatic carbocycles. The Morgan fingerprint density at radius 1 is 1.23 bits per heavy atom. The zero-order valence-electron chi connectivity index (χ0n) is 17.3. The van der Waals surface area contributed by atoms with Gasteiger partial charge in [-0.2, -0.15) is 5.10 Å². The fraction of sp³-hybridized carbons (Fsp3) is 0.455. The number of benzene rings is 1. The van der Waals surface area contributed by atoms with E-state index in [4.69, 9.17) is 9.84 Å². The monoisotopic (exact) mass is 425 g/mol. The van der Waals surface area contributed by atoms with Crippen molar-refractivity contribution in [2.45, 2.75) is 31.6 Å². The Labute approximate surface area is 178 Å². The lowest BCUT2D eigenvalue weighted by molar-refractivity contribution is 0.0782. The molecule has 31 heavy (non-hydrogen) atoms. The van der Waals surface area contributed by atoms with Crippen molar-refractivity contribution in [1.82, 2.24) is 24.5 Å². The Balaban J connectivity index is 1.45. The van der Waals surface area contributed by atoms with Crippen molar-refractivity contribution in [2.75, 3.05) is 26.3 Å². The van der Waals surface area contributed by atoms with Crippen LogP contribution in [0, 0.1) is 11.7 Å². The average molecular weight is 425 g/mol. The van der Waals surface area contributed by atoms with Crippen LogP contribution >= 0.6 is 0 Å². The van der Waals surface area contributed by atoms with Crippen molar-refractivity contribution in [3.63, 3.8) is 0 Å². The molecule has 3 aromatic rings. The zero-order valence-corrected chi connectivity index (χ0v) is 17.3. The van der Waals surface area contributed by atoms with Crippen molar-refractivity contribution >= 4 is 11.4 Å². The summed E-state index contributed by atoms with van der Waals surface area (Å²) in [5.41, 5.74) is 0.223. The van der Waals surface area contributed by atoms with E-state index < -0.39 is 5.82 Å². The first kappa shape index (κ1) is 19.9. The molecule has 2 saturated heterocycles. The van der Waals surface area contributed by atoms with Crippen LogP contribution in [0.25, 0.3) is 5.52 Å². The van der Waals surface area contributed by atoms with E-state index in [-0.39, 0.29) is 34.8 Å². The summed E-state index contributed by atoms with van der Waals surface area (Å²) in [6, 6.07) is 5.99. The number of hydrogen-bond donors (Lipinski definition) is 1. The van der Waals surface area contributed by atoms with Gasteiger partial charge in [-0.25, -0.2) is 13.9 Å². The van der Waals surface area contributed by atoms with Gasteiger partial charge in [0.25, 0.3) is 11.5 Å². The first-order valence-electron chi connectivity index (χ1n) is 10.6. The Morgan fingerprint density at radius 3 is 2.77 bits per heavy atom. The number of nitrogens with one attached hydrogen (secondary N) is 1. The zero-order chi connectivity index (χ0) is 21.5. The maximum Gasteiger partial charge on any atom is 0.276 e. The third-order valence-corrected chi connectivity index (χ3v) is 6.39. The van der Waals surface area contributed by atoms with E-state index in [0.717, 1.165) is 18.7 Å². The number of H-pyrrole nitrogens is 1. The van der Waals surface area contributed by atoms with Gasteiger partial charge in [0.1, 0.15) is 17.5 Å². The smallest absolute Gasteiger partial charge is 0.276 e. The summed E-state index contributed by atoms with van der Waals surface area (Å²) in [6.45, 7) is 4.18. The number of fused-ring (bicyclic) bond motifs is 1. The van der Waals surface area contributed by atoms with Crippen molar-refractivity contribution in [3.8, 4) is 0 Å². The second kappa shape index (κ2) is 7.88. The van der Waals surface area contributed by atoms with Crippen LogP contribution in [0.3, 0.4) is 0 Å². The quantitative estimate of drug-likeness (QED) is 0.695. The predicted molar refractivity (Wildman–Crippen MR) is 111 cm³/mol. The fourth-order valence-electron chi connectivity index (χ4n) is 4.63. The van der Waals surface area contributed by atoms with Crippen molar-refractivity contribution < 1.29 is 13.9 Å². The molecule has 0 radical (unpaired) electrons. The van der Waals surface area contributed by atoms with Crippen LogP contribution in [-0.2, 0) is 4.74 Å². The van der Waals surface area contributed by atoms with E-state index in [1.54, 1.807) is 27.7 Å². The lowest BCUT2D eigenvalue weighted by Gasteiger charge is -2.21. The highest BCUT2D eigenvalue weighted by Crippen LogP contribution is 2.32. The molecule has 2 aromatic heterocycles. The lowest BCUT2D eigenvalue weighted by atomic mass is 9.97. The second-order valence-corrected chi connectivity index (χ2v) is 8.41. The van der Waals surface area contributed by atoms with Gasteiger partial charge < -0.3 is 14.6 Å². The van der Waals surface area contributed by atoms with Crippen LogP contribution in [0.2, 0.25) is 0 Å². The minimum absolute atomic E-state index is 0.0590. The van der Waals surface area contributed by atoms with Gasteiger partial charge in [-0.15, -0.1) is 0 Å². The van der Waals surface area contributed by atoms with Crippen molar-refractivity contribution in [2.24, 2.45) is 5.92 Å². The Bertz CT molecular complexity index is 1180. The topological polar surface area (TPSA) is 92.6 Å². The summed E-state index contributed by atoms with van der Waals surface area (Å²) in [6.07, 6.45) is 3.24. The number of carbonyl (C=O) groups is 1. The van der Waals surface area contributed by atoms with Crippen LogP contribution in [0.15, 0.2) is 35.3 Å². The average Bonchev–Trinajstić information content (AvgIpc) is 3.38.